The zero-order chi connectivity index (χ0) is 11.8. The highest BCUT2D eigenvalue weighted by molar-refractivity contribution is 6.26. The molecule has 4 nitrogen and oxygen atoms in total. The van der Waals surface area contributed by atoms with Gasteiger partial charge < -0.3 is 10.6 Å². The fourth-order valence-electron chi connectivity index (χ4n) is 0.799. The van der Waals surface area contributed by atoms with Gasteiger partial charge >= 0.3 is 0 Å². The quantitative estimate of drug-likeness (QED) is 0.552. The van der Waals surface area contributed by atoms with Gasteiger partial charge in [-0.3, -0.25) is 9.59 Å². The molecule has 1 unspecified atom stereocenters. The van der Waals surface area contributed by atoms with E-state index in [2.05, 4.69) is 17.2 Å². The molecule has 0 rings (SSSR count). The second-order valence-electron chi connectivity index (χ2n) is 3.02. The van der Waals surface area contributed by atoms with E-state index in [0.717, 1.165) is 5.54 Å². The van der Waals surface area contributed by atoms with Crippen LogP contribution in [0.25, 0.3) is 0 Å². The first-order valence-corrected chi connectivity index (χ1v) is 4.98. The summed E-state index contributed by atoms with van der Waals surface area (Å²) >= 11 is 5.24. The third-order valence-corrected chi connectivity index (χ3v) is 1.76. The minimum atomic E-state index is -0.408. The Labute approximate surface area is 94.4 Å². The largest absolute Gasteiger partial charge is 0.332 e. The molecule has 0 aromatic carbocycles. The minimum absolute atomic E-state index is 0.281. The average molecular weight is 231 g/mol. The van der Waals surface area contributed by atoms with Crippen molar-refractivity contribution in [3.63, 3.8) is 0 Å². The first-order valence-electron chi connectivity index (χ1n) is 4.54. The van der Waals surface area contributed by atoms with Crippen molar-refractivity contribution < 1.29 is 9.59 Å². The van der Waals surface area contributed by atoms with Gasteiger partial charge in [0.05, 0.1) is 0 Å². The summed E-state index contributed by atoms with van der Waals surface area (Å²) in [4.78, 5) is 22.4. The molecule has 2 amide bonds. The van der Waals surface area contributed by atoms with Crippen molar-refractivity contribution in [1.82, 2.24) is 10.6 Å². The van der Waals surface area contributed by atoms with Crippen molar-refractivity contribution >= 4 is 23.4 Å². The van der Waals surface area contributed by atoms with E-state index in [1.807, 2.05) is 6.92 Å². The van der Waals surface area contributed by atoms with Crippen LogP contribution in [0.15, 0.2) is 23.8 Å². The second-order valence-corrected chi connectivity index (χ2v) is 3.27. The lowest BCUT2D eigenvalue weighted by Gasteiger charge is -2.17. The Morgan fingerprint density at radius 1 is 1.47 bits per heavy atom. The van der Waals surface area contributed by atoms with Crippen LogP contribution in [0.5, 0.6) is 0 Å². The van der Waals surface area contributed by atoms with E-state index in [4.69, 9.17) is 11.6 Å². The van der Waals surface area contributed by atoms with Gasteiger partial charge in [0.25, 0.3) is 0 Å². The van der Waals surface area contributed by atoms with E-state index >= 15 is 0 Å². The average Bonchev–Trinajstić information content (AvgIpc) is 2.16. The number of nitrogens with one attached hydrogen (secondary N) is 2. The minimum Gasteiger partial charge on any atom is -0.332 e. The second kappa shape index (κ2) is 7.06. The zero-order valence-corrected chi connectivity index (χ0v) is 9.60. The topological polar surface area (TPSA) is 58.2 Å². The maximum Gasteiger partial charge on any atom is 0.247 e. The summed E-state index contributed by atoms with van der Waals surface area (Å²) in [6.07, 6.45) is 1.35. The van der Waals surface area contributed by atoms with Crippen LogP contribution in [0.3, 0.4) is 0 Å². The molecular formula is C10H15ClN2O2. The third-order valence-electron chi connectivity index (χ3n) is 1.63. The molecule has 0 aliphatic rings. The Kier molecular flexibility index (Phi) is 6.45. The summed E-state index contributed by atoms with van der Waals surface area (Å²) in [5.41, 5.74) is 1.51. The molecule has 0 heterocycles. The lowest BCUT2D eigenvalue weighted by atomic mass is 10.3. The normalized spacial score (nSPS) is 12.2. The smallest absolute Gasteiger partial charge is 0.247 e. The molecule has 0 aliphatic heterocycles. The maximum absolute atomic E-state index is 11.2. The van der Waals surface area contributed by atoms with Crippen molar-refractivity contribution in [2.24, 2.45) is 0 Å². The first kappa shape index (κ1) is 13.7. The lowest BCUT2D eigenvalue weighted by molar-refractivity contribution is -0.120. The van der Waals surface area contributed by atoms with Gasteiger partial charge in [-0.05, 0) is 13.3 Å². The molecule has 0 bridgehead atoms. The fraction of sp³-hybridized carbons (Fsp3) is 0.400. The SMILES string of the molecule is C=C(C)C(=O)NC(CC)NC(=O)C=CCl. The summed E-state index contributed by atoms with van der Waals surface area (Å²) in [6.45, 7) is 6.94. The first-order chi connectivity index (χ1) is 7.01. The predicted octanol–water partition coefficient (Wildman–Crippen LogP) is 1.28. The van der Waals surface area contributed by atoms with Gasteiger partial charge in [0.2, 0.25) is 11.8 Å². The number of hydrogen-bond acceptors (Lipinski definition) is 2. The van der Waals surface area contributed by atoms with E-state index < -0.39 is 6.17 Å². The molecule has 0 aliphatic carbocycles. The number of carbonyl (C=O) groups is 2. The van der Waals surface area contributed by atoms with Crippen LogP contribution in [0.2, 0.25) is 0 Å². The molecule has 0 aromatic rings. The van der Waals surface area contributed by atoms with Crippen LogP contribution in [-0.4, -0.2) is 18.0 Å². The van der Waals surface area contributed by atoms with E-state index in [9.17, 15) is 9.59 Å². The van der Waals surface area contributed by atoms with E-state index in [1.165, 1.54) is 6.08 Å². The lowest BCUT2D eigenvalue weighted by Crippen LogP contribution is -2.47. The molecule has 2 N–H and O–H groups in total. The van der Waals surface area contributed by atoms with Crippen LogP contribution < -0.4 is 10.6 Å². The van der Waals surface area contributed by atoms with Gasteiger partial charge in [0.15, 0.2) is 0 Å². The molecule has 5 heteroatoms. The van der Waals surface area contributed by atoms with E-state index in [0.29, 0.717) is 12.0 Å². The summed E-state index contributed by atoms with van der Waals surface area (Å²) in [6, 6.07) is 0. The molecular weight excluding hydrogens is 216 g/mol. The predicted molar refractivity (Wildman–Crippen MR) is 60.2 cm³/mol. The Morgan fingerprint density at radius 2 is 2.07 bits per heavy atom. The van der Waals surface area contributed by atoms with Crippen LogP contribution in [-0.2, 0) is 9.59 Å². The van der Waals surface area contributed by atoms with Gasteiger partial charge in [-0.25, -0.2) is 0 Å². The van der Waals surface area contributed by atoms with Crippen LogP contribution in [0.1, 0.15) is 20.3 Å². The van der Waals surface area contributed by atoms with Crippen molar-refractivity contribution in [2.75, 3.05) is 0 Å². The van der Waals surface area contributed by atoms with Gasteiger partial charge in [-0.2, -0.15) is 0 Å². The molecule has 84 valence electrons. The third kappa shape index (κ3) is 5.91. The summed E-state index contributed by atoms with van der Waals surface area (Å²) in [7, 11) is 0. The highest BCUT2D eigenvalue weighted by atomic mass is 35.5. The Morgan fingerprint density at radius 3 is 2.47 bits per heavy atom. The monoisotopic (exact) mass is 230 g/mol. The molecule has 0 fully saturated rings. The Balaban J connectivity index is 4.20. The summed E-state index contributed by atoms with van der Waals surface area (Å²) in [5, 5.41) is 5.18. The molecule has 0 spiro atoms. The van der Waals surface area contributed by atoms with Crippen molar-refractivity contribution in [2.45, 2.75) is 26.4 Å². The number of amides is 2. The van der Waals surface area contributed by atoms with Crippen molar-refractivity contribution in [3.8, 4) is 0 Å². The zero-order valence-electron chi connectivity index (χ0n) is 8.84. The van der Waals surface area contributed by atoms with Crippen molar-refractivity contribution in [1.29, 1.82) is 0 Å². The molecule has 15 heavy (non-hydrogen) atoms. The number of hydrogen-bond donors (Lipinski definition) is 2. The molecule has 0 saturated heterocycles. The van der Waals surface area contributed by atoms with Crippen molar-refractivity contribution in [3.05, 3.63) is 23.8 Å². The molecule has 0 aromatic heterocycles. The standard InChI is InChI=1S/C10H15ClN2O2/c1-4-8(12-9(14)5-6-11)13-10(15)7(2)3/h5-6,8H,2,4H2,1,3H3,(H,12,14)(H,13,15). The van der Waals surface area contributed by atoms with Crippen LogP contribution in [0, 0.1) is 0 Å². The molecule has 1 atom stereocenters. The molecule has 0 radical (unpaired) electrons. The summed E-state index contributed by atoms with van der Waals surface area (Å²) in [5.74, 6) is -0.629. The number of halogens is 1. The highest BCUT2D eigenvalue weighted by Crippen LogP contribution is 1.92. The van der Waals surface area contributed by atoms with Crippen LogP contribution in [0.4, 0.5) is 0 Å². The van der Waals surface area contributed by atoms with Gasteiger partial charge in [-0.1, -0.05) is 25.1 Å². The fourth-order valence-corrected chi connectivity index (χ4v) is 0.913. The number of carbonyl (C=O) groups excluding carboxylic acids is 2. The molecule has 0 saturated carbocycles. The van der Waals surface area contributed by atoms with Gasteiger partial charge in [0, 0.05) is 17.2 Å². The Hall–Kier alpha value is -1.29. The maximum atomic E-state index is 11.2. The number of rotatable bonds is 5. The highest BCUT2D eigenvalue weighted by Gasteiger charge is 2.11. The van der Waals surface area contributed by atoms with Gasteiger partial charge in [0.1, 0.15) is 6.17 Å². The van der Waals surface area contributed by atoms with E-state index in [1.54, 1.807) is 6.92 Å². The van der Waals surface area contributed by atoms with Gasteiger partial charge in [-0.15, -0.1) is 0 Å². The summed E-state index contributed by atoms with van der Waals surface area (Å²) < 4.78 is 0. The Bertz CT molecular complexity index is 287. The van der Waals surface area contributed by atoms with E-state index in [-0.39, 0.29) is 11.8 Å². The van der Waals surface area contributed by atoms with Crippen LogP contribution >= 0.6 is 11.6 Å².